The van der Waals surface area contributed by atoms with Crippen molar-refractivity contribution in [1.82, 2.24) is 39.0 Å². The molecule has 20 nitrogen and oxygen atoms in total. The molecule has 44 heavy (non-hydrogen) atoms. The fourth-order valence-electron chi connectivity index (χ4n) is 5.15. The molecule has 3 fully saturated rings. The van der Waals surface area contributed by atoms with Crippen LogP contribution in [0.15, 0.2) is 25.3 Å². The minimum Gasteiger partial charge on any atom is -0.382 e. The first-order valence-corrected chi connectivity index (χ1v) is 15.7. The quantitative estimate of drug-likeness (QED) is 0.210. The zero-order chi connectivity index (χ0) is 31.0. The topological polar surface area (TPSA) is 269 Å². The Morgan fingerprint density at radius 1 is 0.727 bits per heavy atom. The number of halogens is 2. The predicted octanol–water partition coefficient (Wildman–Crippen LogP) is 0.320. The number of ether oxygens (including phenoxy) is 2. The molecule has 3 aliphatic rings. The van der Waals surface area contributed by atoms with Crippen molar-refractivity contribution >= 4 is 49.6 Å². The molecule has 6 N–H and O–H groups in total. The summed E-state index contributed by atoms with van der Waals surface area (Å²) in [7, 11) is -10.3. The summed E-state index contributed by atoms with van der Waals surface area (Å²) in [5, 5.41) is 0. The number of aromatic nitrogens is 8. The molecule has 3 aliphatic heterocycles. The first kappa shape index (κ1) is 29.4. The molecule has 24 heteroatoms. The zero-order valence-electron chi connectivity index (χ0n) is 21.9. The molecule has 0 aliphatic carbocycles. The predicted molar refractivity (Wildman–Crippen MR) is 138 cm³/mol. The van der Waals surface area contributed by atoms with Crippen LogP contribution in [0.2, 0.25) is 0 Å². The lowest BCUT2D eigenvalue weighted by Crippen LogP contribution is -2.35. The van der Waals surface area contributed by atoms with Crippen LogP contribution in [0.25, 0.3) is 22.3 Å². The average Bonchev–Trinajstić information content (AvgIpc) is 3.73. The maximum atomic E-state index is 15.7. The van der Waals surface area contributed by atoms with Gasteiger partial charge in [-0.1, -0.05) is 0 Å². The highest BCUT2D eigenvalue weighted by Crippen LogP contribution is 2.54. The molecule has 0 radical (unpaired) electrons. The van der Waals surface area contributed by atoms with E-state index in [0.717, 1.165) is 34.4 Å². The van der Waals surface area contributed by atoms with E-state index in [4.69, 9.17) is 39.0 Å². The van der Waals surface area contributed by atoms with Crippen LogP contribution in [0, 0.1) is 0 Å². The summed E-state index contributed by atoms with van der Waals surface area (Å²) < 4.78 is 91.7. The van der Waals surface area contributed by atoms with E-state index in [9.17, 15) is 18.9 Å². The van der Waals surface area contributed by atoms with Crippen molar-refractivity contribution in [3.63, 3.8) is 0 Å². The van der Waals surface area contributed by atoms with Gasteiger partial charge in [-0.15, -0.1) is 0 Å². The van der Waals surface area contributed by atoms with E-state index in [-0.39, 0.29) is 34.0 Å². The van der Waals surface area contributed by atoms with Crippen LogP contribution in [0.1, 0.15) is 12.5 Å². The number of hydrogen-bond acceptors (Lipinski definition) is 16. The van der Waals surface area contributed by atoms with Crippen molar-refractivity contribution in [2.45, 2.75) is 49.2 Å². The number of nitrogens with zero attached hydrogens (tertiary/aromatic N) is 8. The first-order chi connectivity index (χ1) is 20.9. The van der Waals surface area contributed by atoms with Crippen molar-refractivity contribution in [2.24, 2.45) is 0 Å². The molecule has 0 aromatic carbocycles. The van der Waals surface area contributed by atoms with Gasteiger partial charge < -0.3 is 30.7 Å². The molecule has 10 atom stereocenters. The number of anilines is 2. The van der Waals surface area contributed by atoms with E-state index in [2.05, 4.69) is 29.9 Å². The normalized spacial score (nSPS) is 38.3. The summed E-state index contributed by atoms with van der Waals surface area (Å²) >= 11 is 0. The largest absolute Gasteiger partial charge is 0.472 e. The third-order valence-electron chi connectivity index (χ3n) is 7.16. The summed E-state index contributed by atoms with van der Waals surface area (Å²) in [6.07, 6.45) is -10.1. The van der Waals surface area contributed by atoms with Gasteiger partial charge in [0.1, 0.15) is 48.1 Å². The maximum absolute atomic E-state index is 15.7. The molecular weight excluding hydrogens is 640 g/mol. The number of hydrogen-bond donors (Lipinski definition) is 4. The molecule has 0 saturated carbocycles. The van der Waals surface area contributed by atoms with Crippen LogP contribution < -0.4 is 11.5 Å². The van der Waals surface area contributed by atoms with Crippen LogP contribution >= 0.6 is 15.6 Å². The van der Waals surface area contributed by atoms with E-state index in [0.29, 0.717) is 0 Å². The minimum absolute atomic E-state index is 0.0115. The first-order valence-electron chi connectivity index (χ1n) is 12.7. The van der Waals surface area contributed by atoms with Crippen LogP contribution in [0.4, 0.5) is 20.4 Å². The number of phosphoric acid groups is 2. The van der Waals surface area contributed by atoms with E-state index < -0.39 is 78.1 Å². The van der Waals surface area contributed by atoms with Crippen LogP contribution in [0.5, 0.6) is 0 Å². The van der Waals surface area contributed by atoms with Crippen molar-refractivity contribution in [2.75, 3.05) is 24.7 Å². The molecule has 4 aromatic heterocycles. The van der Waals surface area contributed by atoms with Gasteiger partial charge in [0, 0.05) is 0 Å². The lowest BCUT2D eigenvalue weighted by molar-refractivity contribution is -0.0671. The summed E-state index contributed by atoms with van der Waals surface area (Å²) in [5.74, 6) is -0.0230. The van der Waals surface area contributed by atoms with Gasteiger partial charge in [-0.05, 0) is 0 Å². The van der Waals surface area contributed by atoms with Crippen LogP contribution in [-0.4, -0.2) is 98.8 Å². The number of fused-ring (bicyclic) bond motifs is 6. The van der Waals surface area contributed by atoms with Crippen molar-refractivity contribution in [1.29, 1.82) is 0 Å². The van der Waals surface area contributed by atoms with E-state index in [1.54, 1.807) is 0 Å². The fourth-order valence-corrected chi connectivity index (χ4v) is 7.00. The van der Waals surface area contributed by atoms with Gasteiger partial charge in [-0.3, -0.25) is 27.2 Å². The molecule has 0 spiro atoms. The second-order valence-electron chi connectivity index (χ2n) is 9.85. The Balaban J connectivity index is 1.22. The molecule has 4 aromatic rings. The van der Waals surface area contributed by atoms with Gasteiger partial charge in [-0.25, -0.2) is 47.8 Å². The van der Waals surface area contributed by atoms with E-state index in [1.807, 2.05) is 0 Å². The number of phosphoric ester groups is 2. The highest BCUT2D eigenvalue weighted by atomic mass is 31.2. The third-order valence-corrected chi connectivity index (χ3v) is 9.14. The summed E-state index contributed by atoms with van der Waals surface area (Å²) in [5.41, 5.74) is 12.0. The molecule has 2 unspecified atom stereocenters. The van der Waals surface area contributed by atoms with Gasteiger partial charge in [0.05, 0.1) is 25.9 Å². The Bertz CT molecular complexity index is 1700. The summed E-state index contributed by atoms with van der Waals surface area (Å²) in [6, 6.07) is 0. The van der Waals surface area contributed by atoms with Gasteiger partial charge in [-0.2, -0.15) is 0 Å². The Kier molecular flexibility index (Phi) is 7.12. The summed E-state index contributed by atoms with van der Waals surface area (Å²) in [4.78, 5) is 45.0. The Morgan fingerprint density at radius 2 is 1.14 bits per heavy atom. The third kappa shape index (κ3) is 5.02. The average molecular weight is 662 g/mol. The van der Waals surface area contributed by atoms with Gasteiger partial charge >= 0.3 is 15.6 Å². The summed E-state index contributed by atoms with van der Waals surface area (Å²) in [6.45, 7) is -1.88. The molecule has 7 rings (SSSR count). The van der Waals surface area contributed by atoms with Gasteiger partial charge in [0.25, 0.3) is 0 Å². The van der Waals surface area contributed by atoms with Crippen molar-refractivity contribution in [3.8, 4) is 0 Å². The Morgan fingerprint density at radius 3 is 1.55 bits per heavy atom. The Labute approximate surface area is 243 Å². The SMILES string of the molecule is Nc1ncnc2c1ncn2[C@@H]1O[C@@H]2COP(=O)(O)O[C@@H]3[C@H](F)[C@@H](COP(=O)(O)O[C@@H]1[C@@H]2F)O[C@H]3n1cnc2c(N)ncnc21. The Hall–Kier alpha value is -3.30. The highest BCUT2D eigenvalue weighted by molar-refractivity contribution is 7.47. The second kappa shape index (κ2) is 10.7. The highest BCUT2D eigenvalue weighted by Gasteiger charge is 2.55. The smallest absolute Gasteiger partial charge is 0.382 e. The zero-order valence-corrected chi connectivity index (χ0v) is 23.7. The maximum Gasteiger partial charge on any atom is 0.472 e. The number of alkyl halides is 2. The molecule has 0 amide bonds. The second-order valence-corrected chi connectivity index (χ2v) is 12.7. The molecular formula is C20H22F2N10O10P2. The number of nitrogen functional groups attached to an aromatic ring is 2. The number of imidazole rings is 2. The van der Waals surface area contributed by atoms with Crippen molar-refractivity contribution in [3.05, 3.63) is 25.3 Å². The monoisotopic (exact) mass is 662 g/mol. The van der Waals surface area contributed by atoms with Crippen LogP contribution in [0.3, 0.4) is 0 Å². The lowest BCUT2D eigenvalue weighted by atomic mass is 10.1. The number of rotatable bonds is 2. The fraction of sp³-hybridized carbons (Fsp3) is 0.500. The standard InChI is InChI=1S/C20H22F2N10O10P2/c21-9-7-1-37-43(33,34)41-14-10(22)8(40-20(14)32-6-30-12-16(24)26-4-28-18(12)32)2-38-44(35,36)42-13(9)19(39-7)31-5-29-11-15(23)25-3-27-17(11)31/h3-10,13-14,19-20H,1-2H2,(H,33,34)(H,35,36)(H2,23,25,27)(H2,24,26,28)/t7-,8-,9-,10-,13-,14-,19-,20-/m1/s1. The van der Waals surface area contributed by atoms with E-state index >= 15 is 8.78 Å². The van der Waals surface area contributed by atoms with Gasteiger partial charge in [0.2, 0.25) is 0 Å². The molecule has 4 bridgehead atoms. The van der Waals surface area contributed by atoms with E-state index in [1.165, 1.54) is 0 Å². The molecule has 7 heterocycles. The molecule has 3 saturated heterocycles. The van der Waals surface area contributed by atoms with Crippen molar-refractivity contribution < 1.29 is 55.3 Å². The lowest BCUT2D eigenvalue weighted by Gasteiger charge is -2.24. The van der Waals surface area contributed by atoms with Gasteiger partial charge in [0.15, 0.2) is 47.7 Å². The molecule has 236 valence electrons. The minimum atomic E-state index is -5.17. The number of nitrogens with two attached hydrogens (primary N) is 2. The van der Waals surface area contributed by atoms with Crippen LogP contribution in [-0.2, 0) is 36.7 Å².